The van der Waals surface area contributed by atoms with E-state index in [-0.39, 0.29) is 5.25 Å². The first-order valence-electron chi connectivity index (χ1n) is 4.06. The summed E-state index contributed by atoms with van der Waals surface area (Å²) < 4.78 is 0. The molecule has 0 aromatic carbocycles. The molecule has 0 bridgehead atoms. The highest BCUT2D eigenvalue weighted by molar-refractivity contribution is 7.98. The van der Waals surface area contributed by atoms with Gasteiger partial charge in [-0.15, -0.1) is 0 Å². The van der Waals surface area contributed by atoms with Crippen LogP contribution in [0.4, 0.5) is 0 Å². The summed E-state index contributed by atoms with van der Waals surface area (Å²) >= 11 is 1.59. The zero-order valence-electron chi connectivity index (χ0n) is 7.77. The second-order valence-corrected chi connectivity index (χ2v) is 3.75. The largest absolute Gasteiger partial charge is 0.263 e. The molecule has 1 heterocycles. The molecule has 1 aromatic heterocycles. The van der Waals surface area contributed by atoms with E-state index in [9.17, 15) is 0 Å². The number of hydrogen-bond donors (Lipinski definition) is 0. The van der Waals surface area contributed by atoms with Crippen molar-refractivity contribution in [3.63, 3.8) is 0 Å². The predicted octanol–water partition coefficient (Wildman–Crippen LogP) is 2.27. The smallest absolute Gasteiger partial charge is 0.101 e. The zero-order chi connectivity index (χ0) is 10.4. The van der Waals surface area contributed by atoms with Gasteiger partial charge in [0.1, 0.15) is 6.07 Å². The summed E-state index contributed by atoms with van der Waals surface area (Å²) in [6.45, 7) is 0. The monoisotopic (exact) mass is 203 g/mol. The fourth-order valence-electron chi connectivity index (χ4n) is 1.12. The highest BCUT2D eigenvalue weighted by Gasteiger charge is 2.10. The lowest BCUT2D eigenvalue weighted by atomic mass is 10.1. The molecule has 1 atom stereocenters. The van der Waals surface area contributed by atoms with Gasteiger partial charge in [0.25, 0.3) is 0 Å². The second-order valence-electron chi connectivity index (χ2n) is 2.71. The first-order valence-corrected chi connectivity index (χ1v) is 5.35. The van der Waals surface area contributed by atoms with Gasteiger partial charge in [0.15, 0.2) is 0 Å². The van der Waals surface area contributed by atoms with Crippen molar-refractivity contribution >= 4 is 11.8 Å². The average Bonchev–Trinajstić information content (AvgIpc) is 2.26. The van der Waals surface area contributed by atoms with Gasteiger partial charge in [-0.3, -0.25) is 4.98 Å². The zero-order valence-corrected chi connectivity index (χ0v) is 8.58. The topological polar surface area (TPSA) is 60.5 Å². The van der Waals surface area contributed by atoms with Crippen molar-refractivity contribution in [1.82, 2.24) is 4.98 Å². The van der Waals surface area contributed by atoms with Crippen LogP contribution in [0.3, 0.4) is 0 Å². The molecule has 0 radical (unpaired) electrons. The normalized spacial score (nSPS) is 11.4. The molecule has 0 saturated carbocycles. The highest BCUT2D eigenvalue weighted by atomic mass is 32.2. The molecule has 0 spiro atoms. The van der Waals surface area contributed by atoms with Crippen molar-refractivity contribution in [3.05, 3.63) is 29.6 Å². The molecule has 14 heavy (non-hydrogen) atoms. The number of aromatic nitrogens is 1. The number of rotatable bonds is 3. The number of nitriles is 2. The Morgan fingerprint density at radius 1 is 1.50 bits per heavy atom. The summed E-state index contributed by atoms with van der Waals surface area (Å²) in [5.41, 5.74) is 1.48. The Morgan fingerprint density at radius 2 is 2.29 bits per heavy atom. The third-order valence-electron chi connectivity index (χ3n) is 1.82. The predicted molar refractivity (Wildman–Crippen MR) is 55.4 cm³/mol. The lowest BCUT2D eigenvalue weighted by molar-refractivity contribution is 0.968. The Hall–Kier alpha value is -1.52. The number of hydrogen-bond acceptors (Lipinski definition) is 4. The van der Waals surface area contributed by atoms with Crippen molar-refractivity contribution in [1.29, 1.82) is 10.5 Å². The van der Waals surface area contributed by atoms with E-state index < -0.39 is 0 Å². The van der Waals surface area contributed by atoms with E-state index in [1.807, 2.05) is 12.3 Å². The van der Waals surface area contributed by atoms with Crippen LogP contribution in [0.15, 0.2) is 18.5 Å². The molecule has 0 aliphatic carbocycles. The summed E-state index contributed by atoms with van der Waals surface area (Å²) in [5.74, 6) is 0. The van der Waals surface area contributed by atoms with Crippen molar-refractivity contribution in [2.24, 2.45) is 0 Å². The Bertz CT molecular complexity index is 389. The van der Waals surface area contributed by atoms with E-state index in [0.717, 1.165) is 5.56 Å². The van der Waals surface area contributed by atoms with E-state index in [1.54, 1.807) is 24.0 Å². The van der Waals surface area contributed by atoms with Crippen LogP contribution in [0.5, 0.6) is 0 Å². The van der Waals surface area contributed by atoms with Crippen LogP contribution in [0.2, 0.25) is 0 Å². The molecule has 1 aromatic rings. The third-order valence-corrected chi connectivity index (χ3v) is 2.83. The van der Waals surface area contributed by atoms with Gasteiger partial charge in [-0.2, -0.15) is 22.3 Å². The molecule has 0 amide bonds. The van der Waals surface area contributed by atoms with Crippen LogP contribution in [0.25, 0.3) is 0 Å². The molecule has 3 nitrogen and oxygen atoms in total. The average molecular weight is 203 g/mol. The number of thioether (sulfide) groups is 1. The summed E-state index contributed by atoms with van der Waals surface area (Å²) in [6.07, 6.45) is 5.62. The summed E-state index contributed by atoms with van der Waals surface area (Å²) in [6, 6.07) is 5.94. The third kappa shape index (κ3) is 2.48. The summed E-state index contributed by atoms with van der Waals surface area (Å²) in [5, 5.41) is 17.4. The molecule has 70 valence electrons. The molecule has 4 heteroatoms. The van der Waals surface area contributed by atoms with E-state index in [0.29, 0.717) is 12.0 Å². The molecule has 0 aliphatic rings. The maximum absolute atomic E-state index is 8.68. The molecule has 1 unspecified atom stereocenters. The molecule has 0 aliphatic heterocycles. The van der Waals surface area contributed by atoms with Gasteiger partial charge in [-0.05, 0) is 17.9 Å². The SMILES string of the molecule is CSC(CC#N)c1cncc(C#N)c1. The number of nitrogens with zero attached hydrogens (tertiary/aromatic N) is 3. The Morgan fingerprint density at radius 3 is 2.86 bits per heavy atom. The summed E-state index contributed by atoms with van der Waals surface area (Å²) in [7, 11) is 0. The van der Waals surface area contributed by atoms with E-state index in [2.05, 4.69) is 11.1 Å². The van der Waals surface area contributed by atoms with Crippen LogP contribution in [-0.4, -0.2) is 11.2 Å². The van der Waals surface area contributed by atoms with Crippen molar-refractivity contribution in [2.45, 2.75) is 11.7 Å². The highest BCUT2D eigenvalue weighted by Crippen LogP contribution is 2.29. The van der Waals surface area contributed by atoms with Crippen LogP contribution in [0.1, 0.15) is 22.8 Å². The van der Waals surface area contributed by atoms with Crippen molar-refractivity contribution in [3.8, 4) is 12.1 Å². The van der Waals surface area contributed by atoms with Crippen LogP contribution < -0.4 is 0 Å². The van der Waals surface area contributed by atoms with Gasteiger partial charge < -0.3 is 0 Å². The minimum Gasteiger partial charge on any atom is -0.263 e. The van der Waals surface area contributed by atoms with Crippen molar-refractivity contribution in [2.75, 3.05) is 6.26 Å². The van der Waals surface area contributed by atoms with E-state index >= 15 is 0 Å². The van der Waals surface area contributed by atoms with Gasteiger partial charge in [0.2, 0.25) is 0 Å². The minimum atomic E-state index is 0.112. The molecule has 0 saturated heterocycles. The first-order chi connectivity index (χ1) is 6.81. The Labute approximate surface area is 87.4 Å². The molecular weight excluding hydrogens is 194 g/mol. The van der Waals surface area contributed by atoms with Gasteiger partial charge in [-0.25, -0.2) is 0 Å². The Kier molecular flexibility index (Phi) is 3.97. The van der Waals surface area contributed by atoms with Crippen LogP contribution in [0, 0.1) is 22.7 Å². The van der Waals surface area contributed by atoms with Crippen LogP contribution in [-0.2, 0) is 0 Å². The molecular formula is C10H9N3S. The Balaban J connectivity index is 2.94. The molecule has 0 N–H and O–H groups in total. The number of pyridine rings is 1. The fourth-order valence-corrected chi connectivity index (χ4v) is 1.76. The maximum Gasteiger partial charge on any atom is 0.101 e. The lowest BCUT2D eigenvalue weighted by Gasteiger charge is -2.09. The lowest BCUT2D eigenvalue weighted by Crippen LogP contribution is -1.94. The standard InChI is InChI=1S/C10H9N3S/c1-14-10(2-3-11)9-4-8(5-12)6-13-7-9/h4,6-7,10H,2H2,1H3. The van der Waals surface area contributed by atoms with Crippen LogP contribution >= 0.6 is 11.8 Å². The van der Waals surface area contributed by atoms with E-state index in [1.165, 1.54) is 6.20 Å². The fraction of sp³-hybridized carbons (Fsp3) is 0.300. The van der Waals surface area contributed by atoms with Gasteiger partial charge in [0, 0.05) is 17.6 Å². The summed E-state index contributed by atoms with van der Waals surface area (Å²) in [4.78, 5) is 3.96. The van der Waals surface area contributed by atoms with E-state index in [4.69, 9.17) is 10.5 Å². The maximum atomic E-state index is 8.68. The van der Waals surface area contributed by atoms with Gasteiger partial charge >= 0.3 is 0 Å². The van der Waals surface area contributed by atoms with Gasteiger partial charge in [-0.1, -0.05) is 0 Å². The first kappa shape index (κ1) is 10.6. The minimum absolute atomic E-state index is 0.112. The quantitative estimate of drug-likeness (QED) is 0.756. The molecule has 0 fully saturated rings. The second kappa shape index (κ2) is 5.26. The van der Waals surface area contributed by atoms with Crippen molar-refractivity contribution < 1.29 is 0 Å². The molecule has 1 rings (SSSR count). The van der Waals surface area contributed by atoms with Gasteiger partial charge in [0.05, 0.1) is 18.1 Å².